The first-order chi connectivity index (χ1) is 10.6. The van der Waals surface area contributed by atoms with Crippen LogP contribution in [0.1, 0.15) is 15.2 Å². The van der Waals surface area contributed by atoms with Crippen molar-refractivity contribution >= 4 is 34.5 Å². The lowest BCUT2D eigenvalue weighted by Crippen LogP contribution is -2.03. The minimum atomic E-state index is -0.362. The summed E-state index contributed by atoms with van der Waals surface area (Å²) in [7, 11) is 0. The Morgan fingerprint density at radius 1 is 1.14 bits per heavy atom. The molecule has 0 aliphatic rings. The molecule has 0 atom stereocenters. The first-order valence-corrected chi connectivity index (χ1v) is 7.30. The SMILES string of the molecule is Nc1c(Nc2cccc(F)c2)nsc1C(=O)c1ccccc1. The number of ketones is 1. The largest absolute Gasteiger partial charge is 0.394 e. The van der Waals surface area contributed by atoms with Crippen molar-refractivity contribution < 1.29 is 9.18 Å². The number of nitrogens with zero attached hydrogens (tertiary/aromatic N) is 1. The molecule has 0 bridgehead atoms. The molecule has 4 nitrogen and oxygen atoms in total. The number of anilines is 3. The van der Waals surface area contributed by atoms with Crippen LogP contribution < -0.4 is 11.1 Å². The van der Waals surface area contributed by atoms with Crippen molar-refractivity contribution in [1.29, 1.82) is 0 Å². The van der Waals surface area contributed by atoms with E-state index in [0.717, 1.165) is 11.5 Å². The molecule has 22 heavy (non-hydrogen) atoms. The number of hydrogen-bond acceptors (Lipinski definition) is 5. The Hall–Kier alpha value is -2.73. The summed E-state index contributed by atoms with van der Waals surface area (Å²) in [6.45, 7) is 0. The fourth-order valence-corrected chi connectivity index (χ4v) is 2.70. The zero-order valence-electron chi connectivity index (χ0n) is 11.4. The van der Waals surface area contributed by atoms with Crippen molar-refractivity contribution in [3.05, 3.63) is 70.9 Å². The van der Waals surface area contributed by atoms with Crippen LogP contribution in [0.4, 0.5) is 21.6 Å². The first-order valence-electron chi connectivity index (χ1n) is 6.52. The van der Waals surface area contributed by atoms with E-state index in [4.69, 9.17) is 5.73 Å². The molecule has 6 heteroatoms. The number of carbonyl (C=O) groups excluding carboxylic acids is 1. The number of aromatic nitrogens is 1. The average molecular weight is 313 g/mol. The van der Waals surface area contributed by atoms with E-state index < -0.39 is 0 Å². The highest BCUT2D eigenvalue weighted by atomic mass is 32.1. The molecule has 3 rings (SSSR count). The zero-order chi connectivity index (χ0) is 15.5. The summed E-state index contributed by atoms with van der Waals surface area (Å²) in [6, 6.07) is 14.8. The van der Waals surface area contributed by atoms with Gasteiger partial charge in [-0.15, -0.1) is 0 Å². The van der Waals surface area contributed by atoms with Gasteiger partial charge in [0.05, 0.1) is 5.69 Å². The number of rotatable bonds is 4. The van der Waals surface area contributed by atoms with Gasteiger partial charge in [-0.3, -0.25) is 4.79 Å². The van der Waals surface area contributed by atoms with Crippen LogP contribution in [0.5, 0.6) is 0 Å². The number of halogens is 1. The van der Waals surface area contributed by atoms with E-state index in [1.165, 1.54) is 12.1 Å². The lowest BCUT2D eigenvalue weighted by atomic mass is 10.1. The lowest BCUT2D eigenvalue weighted by molar-refractivity contribution is 0.104. The molecule has 3 N–H and O–H groups in total. The van der Waals surface area contributed by atoms with Crippen molar-refractivity contribution in [3.8, 4) is 0 Å². The quantitative estimate of drug-likeness (QED) is 0.718. The molecule has 0 saturated heterocycles. The van der Waals surface area contributed by atoms with Gasteiger partial charge in [0.2, 0.25) is 5.78 Å². The molecule has 3 aromatic rings. The Labute approximate surface area is 130 Å². The predicted octanol–water partition coefficient (Wildman–Crippen LogP) is 3.84. The maximum atomic E-state index is 13.2. The van der Waals surface area contributed by atoms with Gasteiger partial charge >= 0.3 is 0 Å². The van der Waals surface area contributed by atoms with E-state index in [1.54, 1.807) is 36.4 Å². The molecule has 1 heterocycles. The summed E-state index contributed by atoms with van der Waals surface area (Å²) in [6.07, 6.45) is 0. The summed E-state index contributed by atoms with van der Waals surface area (Å²) in [5.74, 6) is -0.183. The zero-order valence-corrected chi connectivity index (χ0v) is 12.2. The Kier molecular flexibility index (Phi) is 3.84. The maximum absolute atomic E-state index is 13.2. The van der Waals surface area contributed by atoms with Crippen LogP contribution in [0, 0.1) is 5.82 Å². The number of nitrogens with one attached hydrogen (secondary N) is 1. The van der Waals surface area contributed by atoms with Crippen LogP contribution in [0.2, 0.25) is 0 Å². The minimum absolute atomic E-state index is 0.178. The maximum Gasteiger partial charge on any atom is 0.206 e. The number of benzene rings is 2. The smallest absolute Gasteiger partial charge is 0.206 e. The minimum Gasteiger partial charge on any atom is -0.394 e. The molecule has 0 saturated carbocycles. The van der Waals surface area contributed by atoms with E-state index in [0.29, 0.717) is 21.9 Å². The van der Waals surface area contributed by atoms with E-state index in [2.05, 4.69) is 9.69 Å². The molecule has 0 spiro atoms. The Bertz CT molecular complexity index is 817. The van der Waals surface area contributed by atoms with Crippen LogP contribution in [0.15, 0.2) is 54.6 Å². The van der Waals surface area contributed by atoms with Crippen LogP contribution in [-0.4, -0.2) is 10.2 Å². The first kappa shape index (κ1) is 14.2. The Balaban J connectivity index is 1.88. The second-order valence-electron chi connectivity index (χ2n) is 4.60. The molecule has 0 radical (unpaired) electrons. The summed E-state index contributed by atoms with van der Waals surface area (Å²) in [5, 5.41) is 2.92. The summed E-state index contributed by atoms with van der Waals surface area (Å²) in [4.78, 5) is 12.8. The lowest BCUT2D eigenvalue weighted by Gasteiger charge is -2.04. The van der Waals surface area contributed by atoms with E-state index in [-0.39, 0.29) is 17.3 Å². The van der Waals surface area contributed by atoms with Crippen molar-refractivity contribution in [1.82, 2.24) is 4.37 Å². The normalized spacial score (nSPS) is 10.4. The topological polar surface area (TPSA) is 68.0 Å². The van der Waals surface area contributed by atoms with Crippen LogP contribution >= 0.6 is 11.5 Å². The van der Waals surface area contributed by atoms with Gasteiger partial charge in [0.1, 0.15) is 10.7 Å². The Morgan fingerprint density at radius 3 is 2.64 bits per heavy atom. The molecular formula is C16H12FN3OS. The molecule has 0 aliphatic heterocycles. The van der Waals surface area contributed by atoms with Crippen molar-refractivity contribution in [2.75, 3.05) is 11.1 Å². The highest BCUT2D eigenvalue weighted by Gasteiger charge is 2.19. The number of nitrogens with two attached hydrogens (primary N) is 1. The molecule has 0 unspecified atom stereocenters. The fraction of sp³-hybridized carbons (Fsp3) is 0. The standard InChI is InChI=1S/C16H12FN3OS/c17-11-7-4-8-12(9-11)19-16-13(18)15(22-20-16)14(21)10-5-2-1-3-6-10/h1-9H,18H2,(H,19,20). The van der Waals surface area contributed by atoms with Gasteiger partial charge < -0.3 is 11.1 Å². The second-order valence-corrected chi connectivity index (χ2v) is 5.38. The van der Waals surface area contributed by atoms with Gasteiger partial charge in [0.15, 0.2) is 5.82 Å². The fourth-order valence-electron chi connectivity index (χ4n) is 1.97. The highest BCUT2D eigenvalue weighted by Crippen LogP contribution is 2.30. The van der Waals surface area contributed by atoms with Crippen LogP contribution in [0.25, 0.3) is 0 Å². The van der Waals surface area contributed by atoms with Crippen LogP contribution in [-0.2, 0) is 0 Å². The van der Waals surface area contributed by atoms with Crippen molar-refractivity contribution in [3.63, 3.8) is 0 Å². The van der Waals surface area contributed by atoms with Gasteiger partial charge in [0, 0.05) is 11.3 Å². The molecule has 2 aromatic carbocycles. The van der Waals surface area contributed by atoms with Crippen LogP contribution in [0.3, 0.4) is 0 Å². The summed E-state index contributed by atoms with van der Waals surface area (Å²) < 4.78 is 17.3. The molecule has 0 fully saturated rings. The number of carbonyl (C=O) groups is 1. The molecular weight excluding hydrogens is 301 g/mol. The monoisotopic (exact) mass is 313 g/mol. The van der Waals surface area contributed by atoms with E-state index in [1.807, 2.05) is 6.07 Å². The van der Waals surface area contributed by atoms with Gasteiger partial charge in [-0.05, 0) is 29.7 Å². The Morgan fingerprint density at radius 2 is 1.91 bits per heavy atom. The third-order valence-electron chi connectivity index (χ3n) is 3.06. The van der Waals surface area contributed by atoms with Crippen molar-refractivity contribution in [2.24, 2.45) is 0 Å². The highest BCUT2D eigenvalue weighted by molar-refractivity contribution is 7.09. The third kappa shape index (κ3) is 2.82. The van der Waals surface area contributed by atoms with Gasteiger partial charge in [-0.2, -0.15) is 4.37 Å². The molecule has 1 aromatic heterocycles. The number of hydrogen-bond donors (Lipinski definition) is 2. The van der Waals surface area contributed by atoms with E-state index in [9.17, 15) is 9.18 Å². The third-order valence-corrected chi connectivity index (χ3v) is 3.92. The van der Waals surface area contributed by atoms with Gasteiger partial charge in [-0.25, -0.2) is 4.39 Å². The van der Waals surface area contributed by atoms with Crippen molar-refractivity contribution in [2.45, 2.75) is 0 Å². The molecule has 110 valence electrons. The average Bonchev–Trinajstić information content (AvgIpc) is 2.89. The predicted molar refractivity (Wildman–Crippen MR) is 86.1 cm³/mol. The molecule has 0 aliphatic carbocycles. The summed E-state index contributed by atoms with van der Waals surface area (Å²) >= 11 is 1.02. The molecule has 0 amide bonds. The van der Waals surface area contributed by atoms with E-state index >= 15 is 0 Å². The number of nitrogen functional groups attached to an aromatic ring is 1. The second kappa shape index (κ2) is 5.95. The van der Waals surface area contributed by atoms with Gasteiger partial charge in [0.25, 0.3) is 0 Å². The summed E-state index contributed by atoms with van der Waals surface area (Å²) in [5.41, 5.74) is 7.34. The van der Waals surface area contributed by atoms with Gasteiger partial charge in [-0.1, -0.05) is 36.4 Å².